The van der Waals surface area contributed by atoms with Crippen LogP contribution in [0.2, 0.25) is 18.1 Å². The van der Waals surface area contributed by atoms with E-state index in [1.165, 1.54) is 5.69 Å². The van der Waals surface area contributed by atoms with Crippen molar-refractivity contribution in [2.45, 2.75) is 38.9 Å². The van der Waals surface area contributed by atoms with Gasteiger partial charge in [0.2, 0.25) is 0 Å². The molecule has 0 radical (unpaired) electrons. The summed E-state index contributed by atoms with van der Waals surface area (Å²) in [6, 6.07) is 10.4. The van der Waals surface area contributed by atoms with E-state index in [1.807, 2.05) is 17.5 Å². The average molecular weight is 402 g/mol. The van der Waals surface area contributed by atoms with Crippen LogP contribution < -0.4 is 4.90 Å². The number of anilines is 1. The maximum absolute atomic E-state index is 10.7. The molecule has 0 fully saturated rings. The second-order valence-corrected chi connectivity index (χ2v) is 14.1. The lowest BCUT2D eigenvalue weighted by atomic mass is 10.1. The van der Waals surface area contributed by atoms with E-state index in [9.17, 15) is 4.79 Å². The lowest BCUT2D eigenvalue weighted by Gasteiger charge is -2.36. The van der Waals surface area contributed by atoms with Crippen molar-refractivity contribution in [1.82, 2.24) is 0 Å². The molecule has 0 saturated carbocycles. The Labute approximate surface area is 168 Å². The minimum Gasteiger partial charge on any atom is -0.415 e. The van der Waals surface area contributed by atoms with Crippen LogP contribution in [0.1, 0.15) is 41.6 Å². The van der Waals surface area contributed by atoms with E-state index in [1.54, 1.807) is 11.3 Å². The second kappa shape index (κ2) is 9.00. The molecule has 0 aliphatic carbocycles. The molecule has 27 heavy (non-hydrogen) atoms. The largest absolute Gasteiger partial charge is 0.415 e. The fraction of sp³-hybridized carbons (Fsp3) is 0.409. The fourth-order valence-electron chi connectivity index (χ4n) is 2.32. The number of thiophene rings is 1. The molecule has 2 aromatic rings. The number of hydrogen-bond donors (Lipinski definition) is 0. The number of hydrogen-bond acceptors (Lipinski definition) is 4. The first-order valence-corrected chi connectivity index (χ1v) is 13.1. The monoisotopic (exact) mass is 401 g/mol. The topological polar surface area (TPSA) is 29.5 Å². The van der Waals surface area contributed by atoms with Crippen molar-refractivity contribution < 1.29 is 9.22 Å². The quantitative estimate of drug-likeness (QED) is 0.390. The molecule has 0 unspecified atom stereocenters. The predicted octanol–water partition coefficient (Wildman–Crippen LogP) is 6.19. The van der Waals surface area contributed by atoms with Crippen LogP contribution in [0, 0.1) is 0 Å². The van der Waals surface area contributed by atoms with Crippen molar-refractivity contribution in [3.63, 3.8) is 0 Å². The molecule has 1 aromatic carbocycles. The Morgan fingerprint density at radius 3 is 2.33 bits per heavy atom. The molecular formula is C22H31NO2SSi. The summed E-state index contributed by atoms with van der Waals surface area (Å²) in [6.07, 6.45) is 5.00. The molecule has 0 amide bonds. The maximum atomic E-state index is 10.7. The van der Waals surface area contributed by atoms with Gasteiger partial charge in [-0.2, -0.15) is 0 Å². The number of rotatable bonds is 8. The van der Waals surface area contributed by atoms with Crippen LogP contribution >= 0.6 is 11.3 Å². The smallest absolute Gasteiger partial charge is 0.192 e. The van der Waals surface area contributed by atoms with Gasteiger partial charge in [-0.25, -0.2) is 0 Å². The van der Waals surface area contributed by atoms with E-state index in [-0.39, 0.29) is 5.04 Å². The van der Waals surface area contributed by atoms with Gasteiger partial charge in [0.1, 0.15) is 0 Å². The lowest BCUT2D eigenvalue weighted by Crippen LogP contribution is -2.42. The molecule has 1 aromatic heterocycles. The van der Waals surface area contributed by atoms with Gasteiger partial charge in [-0.1, -0.05) is 39.0 Å². The maximum Gasteiger partial charge on any atom is 0.192 e. The standard InChI is InChI=1S/C22H31NO2SSi/c1-22(2,3)27(5,6)25-14-13-23(4)20-10-7-18(8-11-20)9-12-21-15-19(16-24)17-26-21/h7-12,15-17H,13-14H2,1-6H3. The van der Waals surface area contributed by atoms with E-state index >= 15 is 0 Å². The summed E-state index contributed by atoms with van der Waals surface area (Å²) < 4.78 is 6.27. The van der Waals surface area contributed by atoms with E-state index in [2.05, 4.69) is 76.2 Å². The summed E-state index contributed by atoms with van der Waals surface area (Å²) in [5.74, 6) is 0. The molecule has 0 aliphatic rings. The molecular weight excluding hydrogens is 370 g/mol. The fourth-order valence-corrected chi connectivity index (χ4v) is 4.10. The summed E-state index contributed by atoms with van der Waals surface area (Å²) in [7, 11) is 0.421. The van der Waals surface area contributed by atoms with E-state index in [0.717, 1.165) is 35.4 Å². The van der Waals surface area contributed by atoms with Crippen molar-refractivity contribution >= 4 is 43.8 Å². The highest BCUT2D eigenvalue weighted by atomic mass is 32.1. The molecule has 0 N–H and O–H groups in total. The van der Waals surface area contributed by atoms with Crippen LogP contribution in [0.25, 0.3) is 12.2 Å². The first-order chi connectivity index (χ1) is 12.6. The number of nitrogens with zero attached hydrogens (tertiary/aromatic N) is 1. The Morgan fingerprint density at radius 1 is 1.11 bits per heavy atom. The van der Waals surface area contributed by atoms with E-state index < -0.39 is 8.32 Å². The third-order valence-corrected chi connectivity index (χ3v) is 10.7. The summed E-state index contributed by atoms with van der Waals surface area (Å²) in [4.78, 5) is 14.1. The second-order valence-electron chi connectivity index (χ2n) is 8.36. The third kappa shape index (κ3) is 6.16. The van der Waals surface area contributed by atoms with Crippen molar-refractivity contribution in [2.75, 3.05) is 25.1 Å². The molecule has 0 atom stereocenters. The van der Waals surface area contributed by atoms with Gasteiger partial charge in [-0.05, 0) is 48.0 Å². The van der Waals surface area contributed by atoms with E-state index in [4.69, 9.17) is 4.43 Å². The van der Waals surface area contributed by atoms with Crippen LogP contribution in [-0.4, -0.2) is 34.8 Å². The molecule has 0 saturated heterocycles. The number of benzene rings is 1. The highest BCUT2D eigenvalue weighted by Gasteiger charge is 2.36. The van der Waals surface area contributed by atoms with Crippen LogP contribution in [0.3, 0.4) is 0 Å². The number of carbonyl (C=O) groups excluding carboxylic acids is 1. The van der Waals surface area contributed by atoms with Crippen LogP contribution in [0.4, 0.5) is 5.69 Å². The van der Waals surface area contributed by atoms with Crippen LogP contribution in [0.5, 0.6) is 0 Å². The summed E-state index contributed by atoms with van der Waals surface area (Å²) >= 11 is 1.58. The number of carbonyl (C=O) groups is 1. The zero-order valence-corrected chi connectivity index (χ0v) is 19.1. The summed E-state index contributed by atoms with van der Waals surface area (Å²) in [6.45, 7) is 13.0. The molecule has 5 heteroatoms. The predicted molar refractivity (Wildman–Crippen MR) is 121 cm³/mol. The Bertz CT molecular complexity index is 772. The van der Waals surface area contributed by atoms with Crippen molar-refractivity contribution in [3.05, 3.63) is 51.7 Å². The Hall–Kier alpha value is -1.69. The first-order valence-electron chi connectivity index (χ1n) is 9.29. The molecule has 3 nitrogen and oxygen atoms in total. The van der Waals surface area contributed by atoms with Gasteiger partial charge < -0.3 is 9.33 Å². The van der Waals surface area contributed by atoms with Gasteiger partial charge in [-0.3, -0.25) is 4.79 Å². The summed E-state index contributed by atoms with van der Waals surface area (Å²) in [5, 5.41) is 2.12. The first kappa shape index (κ1) is 21.6. The van der Waals surface area contributed by atoms with Crippen LogP contribution in [-0.2, 0) is 4.43 Å². The Morgan fingerprint density at radius 2 is 1.78 bits per heavy atom. The van der Waals surface area contributed by atoms with Crippen molar-refractivity contribution in [3.8, 4) is 0 Å². The number of likely N-dealkylation sites (N-methyl/N-ethyl adjacent to an activating group) is 1. The molecule has 146 valence electrons. The highest BCUT2D eigenvalue weighted by molar-refractivity contribution is 7.11. The van der Waals surface area contributed by atoms with Gasteiger partial charge in [0, 0.05) is 35.1 Å². The van der Waals surface area contributed by atoms with Gasteiger partial charge in [-0.15, -0.1) is 11.3 Å². The van der Waals surface area contributed by atoms with Gasteiger partial charge >= 0.3 is 0 Å². The molecule has 0 spiro atoms. The average Bonchev–Trinajstić information content (AvgIpc) is 3.07. The minimum absolute atomic E-state index is 0.245. The zero-order valence-electron chi connectivity index (χ0n) is 17.3. The van der Waals surface area contributed by atoms with Gasteiger partial charge in [0.25, 0.3) is 0 Å². The van der Waals surface area contributed by atoms with Crippen LogP contribution in [0.15, 0.2) is 35.7 Å². The number of aldehydes is 1. The normalized spacial score (nSPS) is 12.5. The molecule has 0 bridgehead atoms. The summed E-state index contributed by atoms with van der Waals surface area (Å²) in [5.41, 5.74) is 3.06. The highest BCUT2D eigenvalue weighted by Crippen LogP contribution is 2.36. The van der Waals surface area contributed by atoms with E-state index in [0.29, 0.717) is 0 Å². The zero-order chi connectivity index (χ0) is 20.1. The van der Waals surface area contributed by atoms with Crippen molar-refractivity contribution in [1.29, 1.82) is 0 Å². The minimum atomic E-state index is -1.68. The Balaban J connectivity index is 1.89. The molecule has 0 aliphatic heterocycles. The third-order valence-electron chi connectivity index (χ3n) is 5.25. The molecule has 2 rings (SSSR count). The van der Waals surface area contributed by atoms with Crippen molar-refractivity contribution in [2.24, 2.45) is 0 Å². The van der Waals surface area contributed by atoms with Gasteiger partial charge in [0.15, 0.2) is 14.6 Å². The lowest BCUT2D eigenvalue weighted by molar-refractivity contribution is 0.112. The Kier molecular flexibility index (Phi) is 7.20. The van der Waals surface area contributed by atoms with Gasteiger partial charge in [0.05, 0.1) is 6.61 Å². The molecule has 1 heterocycles. The SMILES string of the molecule is CN(CCO[Si](C)(C)C(C)(C)C)c1ccc(C=Cc2cc(C=O)cs2)cc1.